The smallest absolute Gasteiger partial charge is 0.335 e. The summed E-state index contributed by atoms with van der Waals surface area (Å²) in [4.78, 5) is 17.3. The van der Waals surface area contributed by atoms with E-state index in [2.05, 4.69) is 4.98 Å². The van der Waals surface area contributed by atoms with Crippen LogP contribution in [0.1, 0.15) is 30.0 Å². The van der Waals surface area contributed by atoms with E-state index in [1.54, 1.807) is 31.5 Å². The molecule has 0 saturated heterocycles. The van der Waals surface area contributed by atoms with Gasteiger partial charge in [-0.1, -0.05) is 6.07 Å². The van der Waals surface area contributed by atoms with Crippen LogP contribution in [0.25, 0.3) is 0 Å². The van der Waals surface area contributed by atoms with Gasteiger partial charge in [0, 0.05) is 17.4 Å². The van der Waals surface area contributed by atoms with Gasteiger partial charge in [0.25, 0.3) is 0 Å². The maximum Gasteiger partial charge on any atom is 0.335 e. The van der Waals surface area contributed by atoms with Crippen LogP contribution in [0.2, 0.25) is 0 Å². The highest BCUT2D eigenvalue weighted by molar-refractivity contribution is 5.89. The molecule has 146 valence electrons. The van der Waals surface area contributed by atoms with Gasteiger partial charge in [-0.25, -0.2) is 9.78 Å². The quantitative estimate of drug-likeness (QED) is 0.613. The molecule has 0 aliphatic carbocycles. The fourth-order valence-corrected chi connectivity index (χ4v) is 2.79. The van der Waals surface area contributed by atoms with Crippen LogP contribution in [-0.2, 0) is 6.54 Å². The number of ether oxygens (including phenoxy) is 2. The molecule has 0 saturated carbocycles. The number of benzene rings is 2. The molecule has 1 heterocycles. The van der Waals surface area contributed by atoms with Crippen molar-refractivity contribution in [2.24, 2.45) is 0 Å². The molecule has 1 N–H and O–H groups in total. The van der Waals surface area contributed by atoms with E-state index in [1.807, 2.05) is 43.0 Å². The zero-order chi connectivity index (χ0) is 20.1. The lowest BCUT2D eigenvalue weighted by Gasteiger charge is -2.25. The second-order valence-corrected chi connectivity index (χ2v) is 6.41. The number of rotatable bonds is 8. The van der Waals surface area contributed by atoms with Crippen LogP contribution in [0.4, 0.5) is 11.4 Å². The van der Waals surface area contributed by atoms with Gasteiger partial charge >= 0.3 is 5.97 Å². The van der Waals surface area contributed by atoms with Crippen LogP contribution < -0.4 is 14.4 Å². The SMILES string of the molecule is COc1ccc(N(Cc2cnco2)c2cccc(C(=O)O)c2)cc1OC(C)C. The molecule has 0 radical (unpaired) electrons. The molecule has 0 unspecified atom stereocenters. The summed E-state index contributed by atoms with van der Waals surface area (Å²) in [5, 5.41) is 9.35. The average molecular weight is 382 g/mol. The molecule has 0 amide bonds. The maximum atomic E-state index is 11.4. The minimum atomic E-state index is -0.986. The summed E-state index contributed by atoms with van der Waals surface area (Å²) in [5.74, 6) is 0.881. The number of anilines is 2. The zero-order valence-corrected chi connectivity index (χ0v) is 16.0. The molecular formula is C21H22N2O5. The molecule has 7 heteroatoms. The second kappa shape index (κ2) is 8.47. The molecule has 0 aliphatic rings. The molecule has 3 rings (SSSR count). The molecule has 0 spiro atoms. The Hall–Kier alpha value is -3.48. The van der Waals surface area contributed by atoms with Gasteiger partial charge in [0.05, 0.1) is 31.5 Å². The summed E-state index contributed by atoms with van der Waals surface area (Å²) in [6.07, 6.45) is 2.97. The minimum Gasteiger partial charge on any atom is -0.493 e. The zero-order valence-electron chi connectivity index (χ0n) is 16.0. The first kappa shape index (κ1) is 19.3. The number of hydrogen-bond donors (Lipinski definition) is 1. The van der Waals surface area contributed by atoms with E-state index in [4.69, 9.17) is 13.9 Å². The predicted molar refractivity (Wildman–Crippen MR) is 105 cm³/mol. The Morgan fingerprint density at radius 3 is 2.61 bits per heavy atom. The van der Waals surface area contributed by atoms with Crippen molar-refractivity contribution in [2.45, 2.75) is 26.5 Å². The normalized spacial score (nSPS) is 10.7. The number of carboxylic acid groups (broad SMARTS) is 1. The third-order valence-electron chi connectivity index (χ3n) is 4.02. The van der Waals surface area contributed by atoms with Crippen LogP contribution >= 0.6 is 0 Å². The van der Waals surface area contributed by atoms with Crippen molar-refractivity contribution in [1.29, 1.82) is 0 Å². The number of aromatic carboxylic acids is 1. The van der Waals surface area contributed by atoms with Gasteiger partial charge < -0.3 is 23.9 Å². The van der Waals surface area contributed by atoms with Gasteiger partial charge in [0.15, 0.2) is 17.9 Å². The maximum absolute atomic E-state index is 11.4. The van der Waals surface area contributed by atoms with Crippen molar-refractivity contribution >= 4 is 17.3 Å². The molecule has 28 heavy (non-hydrogen) atoms. The van der Waals surface area contributed by atoms with Gasteiger partial charge in [0.1, 0.15) is 5.76 Å². The molecular weight excluding hydrogens is 360 g/mol. The summed E-state index contributed by atoms with van der Waals surface area (Å²) < 4.78 is 16.7. The lowest BCUT2D eigenvalue weighted by Crippen LogP contribution is -2.17. The van der Waals surface area contributed by atoms with Crippen molar-refractivity contribution in [3.63, 3.8) is 0 Å². The van der Waals surface area contributed by atoms with Crippen LogP contribution in [0.15, 0.2) is 59.5 Å². The van der Waals surface area contributed by atoms with E-state index in [9.17, 15) is 9.90 Å². The Bertz CT molecular complexity index is 938. The van der Waals surface area contributed by atoms with E-state index < -0.39 is 5.97 Å². The molecule has 2 aromatic carbocycles. The summed E-state index contributed by atoms with van der Waals surface area (Å²) in [6.45, 7) is 4.25. The Morgan fingerprint density at radius 1 is 1.18 bits per heavy atom. The first-order valence-electron chi connectivity index (χ1n) is 8.81. The van der Waals surface area contributed by atoms with E-state index in [1.165, 1.54) is 6.39 Å². The van der Waals surface area contributed by atoms with Crippen LogP contribution in [0.5, 0.6) is 11.5 Å². The Balaban J connectivity index is 2.06. The number of carbonyl (C=O) groups is 1. The van der Waals surface area contributed by atoms with Crippen molar-refractivity contribution in [3.05, 3.63) is 66.4 Å². The van der Waals surface area contributed by atoms with Gasteiger partial charge in [-0.15, -0.1) is 0 Å². The van der Waals surface area contributed by atoms with Crippen LogP contribution in [0.3, 0.4) is 0 Å². The number of aromatic nitrogens is 1. The van der Waals surface area contributed by atoms with Crippen molar-refractivity contribution in [3.8, 4) is 11.5 Å². The van der Waals surface area contributed by atoms with Crippen molar-refractivity contribution in [1.82, 2.24) is 4.98 Å². The first-order valence-corrected chi connectivity index (χ1v) is 8.81. The van der Waals surface area contributed by atoms with Crippen molar-refractivity contribution < 1.29 is 23.8 Å². The molecule has 0 atom stereocenters. The van der Waals surface area contributed by atoms with Crippen LogP contribution in [-0.4, -0.2) is 29.3 Å². The standard InChI is InChI=1S/C21H22N2O5/c1-14(2)28-20-10-17(7-8-19(20)26-3)23(12-18-11-22-13-27-18)16-6-4-5-15(9-16)21(24)25/h4-11,13-14H,12H2,1-3H3,(H,24,25). The molecule has 3 aromatic rings. The topological polar surface area (TPSA) is 85.0 Å². The highest BCUT2D eigenvalue weighted by atomic mass is 16.5. The second-order valence-electron chi connectivity index (χ2n) is 6.41. The molecule has 0 bridgehead atoms. The van der Waals surface area contributed by atoms with Gasteiger partial charge in [-0.3, -0.25) is 0 Å². The number of nitrogens with zero attached hydrogens (tertiary/aromatic N) is 2. The first-order chi connectivity index (χ1) is 13.5. The van der Waals surface area contributed by atoms with Gasteiger partial charge in [-0.05, 0) is 44.2 Å². The molecule has 1 aromatic heterocycles. The Labute approximate surface area is 163 Å². The third-order valence-corrected chi connectivity index (χ3v) is 4.02. The number of carboxylic acids is 1. The van der Waals surface area contributed by atoms with E-state index in [-0.39, 0.29) is 11.7 Å². The van der Waals surface area contributed by atoms with Crippen molar-refractivity contribution in [2.75, 3.05) is 12.0 Å². The number of oxazole rings is 1. The number of hydrogen-bond acceptors (Lipinski definition) is 6. The highest BCUT2D eigenvalue weighted by Gasteiger charge is 2.17. The fourth-order valence-electron chi connectivity index (χ4n) is 2.79. The van der Waals surface area contributed by atoms with E-state index in [0.717, 1.165) is 5.69 Å². The highest BCUT2D eigenvalue weighted by Crippen LogP contribution is 2.36. The summed E-state index contributed by atoms with van der Waals surface area (Å²) in [5.41, 5.74) is 1.71. The largest absolute Gasteiger partial charge is 0.493 e. The summed E-state index contributed by atoms with van der Waals surface area (Å²) >= 11 is 0. The summed E-state index contributed by atoms with van der Waals surface area (Å²) in [6, 6.07) is 12.3. The fraction of sp³-hybridized carbons (Fsp3) is 0.238. The monoisotopic (exact) mass is 382 g/mol. The molecule has 7 nitrogen and oxygen atoms in total. The Kier molecular flexibility index (Phi) is 5.84. The van der Waals surface area contributed by atoms with Gasteiger partial charge in [0.2, 0.25) is 0 Å². The molecule has 0 fully saturated rings. The van der Waals surface area contributed by atoms with Gasteiger partial charge in [-0.2, -0.15) is 0 Å². The van der Waals surface area contributed by atoms with Crippen LogP contribution in [0, 0.1) is 0 Å². The minimum absolute atomic E-state index is 0.0257. The average Bonchev–Trinajstić information content (AvgIpc) is 3.19. The summed E-state index contributed by atoms with van der Waals surface area (Å²) in [7, 11) is 1.59. The van der Waals surface area contributed by atoms with E-state index >= 15 is 0 Å². The molecule has 0 aliphatic heterocycles. The Morgan fingerprint density at radius 2 is 1.96 bits per heavy atom. The predicted octanol–water partition coefficient (Wildman–Crippen LogP) is 4.51. The third kappa shape index (κ3) is 4.43. The lowest BCUT2D eigenvalue weighted by molar-refractivity contribution is 0.0697. The number of methoxy groups -OCH3 is 1. The van der Waals surface area contributed by atoms with E-state index in [0.29, 0.717) is 29.5 Å². The lowest BCUT2D eigenvalue weighted by atomic mass is 10.1.